The Kier molecular flexibility index (Phi) is 4.25. The fourth-order valence-electron chi connectivity index (χ4n) is 1.46. The summed E-state index contributed by atoms with van der Waals surface area (Å²) in [4.78, 5) is 3.94. The summed E-state index contributed by atoms with van der Waals surface area (Å²) in [6, 6.07) is 6.01. The zero-order chi connectivity index (χ0) is 13.7. The van der Waals surface area contributed by atoms with Crippen molar-refractivity contribution in [3.05, 3.63) is 42.0 Å². The van der Waals surface area contributed by atoms with Gasteiger partial charge in [0.1, 0.15) is 0 Å². The fraction of sp³-hybridized carbons (Fsp3) is 0.273. The lowest BCUT2D eigenvalue weighted by atomic mass is 10.2. The SMILES string of the molecule is O=S(=O)(NCCc1ncno1)c1ccc(CO)cc1. The normalized spacial score (nSPS) is 11.6. The number of nitrogens with zero attached hydrogens (tertiary/aromatic N) is 2. The monoisotopic (exact) mass is 283 g/mol. The molecule has 0 saturated carbocycles. The topological polar surface area (TPSA) is 105 Å². The molecule has 0 aliphatic heterocycles. The molecule has 7 nitrogen and oxygen atoms in total. The number of rotatable bonds is 6. The molecule has 1 aromatic carbocycles. The summed E-state index contributed by atoms with van der Waals surface area (Å²) in [5, 5.41) is 12.3. The maximum Gasteiger partial charge on any atom is 0.240 e. The highest BCUT2D eigenvalue weighted by Gasteiger charge is 2.13. The number of sulfonamides is 1. The standard InChI is InChI=1S/C11H13N3O4S/c15-7-9-1-3-10(4-2-9)19(16,17)14-6-5-11-12-8-13-18-11/h1-4,8,14-15H,5-7H2. The highest BCUT2D eigenvalue weighted by Crippen LogP contribution is 2.10. The van der Waals surface area contributed by atoms with Crippen molar-refractivity contribution in [2.45, 2.75) is 17.9 Å². The second kappa shape index (κ2) is 5.91. The Morgan fingerprint density at radius 2 is 2.00 bits per heavy atom. The fourth-order valence-corrected chi connectivity index (χ4v) is 2.49. The largest absolute Gasteiger partial charge is 0.392 e. The lowest BCUT2D eigenvalue weighted by Gasteiger charge is -2.06. The van der Waals surface area contributed by atoms with Gasteiger partial charge in [0.2, 0.25) is 15.9 Å². The summed E-state index contributed by atoms with van der Waals surface area (Å²) in [6.45, 7) is 0.0528. The van der Waals surface area contributed by atoms with E-state index in [1.807, 2.05) is 0 Å². The molecule has 0 amide bonds. The number of aromatic nitrogens is 2. The third kappa shape index (κ3) is 3.60. The lowest BCUT2D eigenvalue weighted by Crippen LogP contribution is -2.26. The third-order valence-electron chi connectivity index (χ3n) is 2.45. The Bertz CT molecular complexity index is 608. The summed E-state index contributed by atoms with van der Waals surface area (Å²) in [6.07, 6.45) is 1.59. The summed E-state index contributed by atoms with van der Waals surface area (Å²) < 4.78 is 31.0. The lowest BCUT2D eigenvalue weighted by molar-refractivity contribution is 0.282. The van der Waals surface area contributed by atoms with E-state index in [4.69, 9.17) is 9.63 Å². The average molecular weight is 283 g/mol. The Labute approximate surface area is 110 Å². The number of aliphatic hydroxyl groups excluding tert-OH is 1. The van der Waals surface area contributed by atoms with Gasteiger partial charge in [-0.25, -0.2) is 13.1 Å². The van der Waals surface area contributed by atoms with Crippen LogP contribution in [0.5, 0.6) is 0 Å². The van der Waals surface area contributed by atoms with E-state index in [9.17, 15) is 8.42 Å². The number of aliphatic hydroxyl groups is 1. The third-order valence-corrected chi connectivity index (χ3v) is 3.93. The van der Waals surface area contributed by atoms with Crippen LogP contribution in [0.15, 0.2) is 40.0 Å². The van der Waals surface area contributed by atoms with E-state index >= 15 is 0 Å². The van der Waals surface area contributed by atoms with Crippen LogP contribution in [0, 0.1) is 0 Å². The summed E-state index contributed by atoms with van der Waals surface area (Å²) in [5.41, 5.74) is 0.657. The molecule has 0 spiro atoms. The molecule has 2 rings (SSSR count). The van der Waals surface area contributed by atoms with E-state index in [-0.39, 0.29) is 18.0 Å². The molecule has 0 saturated heterocycles. The molecule has 0 unspecified atom stereocenters. The van der Waals surface area contributed by atoms with Crippen molar-refractivity contribution in [2.24, 2.45) is 0 Å². The second-order valence-corrected chi connectivity index (χ2v) is 5.55. The van der Waals surface area contributed by atoms with Crippen LogP contribution in [-0.4, -0.2) is 30.2 Å². The molecule has 2 aromatic rings. The summed E-state index contributed by atoms with van der Waals surface area (Å²) in [7, 11) is -3.56. The van der Waals surface area contributed by atoms with Crippen LogP contribution in [0.25, 0.3) is 0 Å². The quantitative estimate of drug-likeness (QED) is 0.778. The number of nitrogens with one attached hydrogen (secondary N) is 1. The van der Waals surface area contributed by atoms with Crippen molar-refractivity contribution in [1.29, 1.82) is 0 Å². The molecule has 0 bridgehead atoms. The predicted molar refractivity (Wildman–Crippen MR) is 65.6 cm³/mol. The van der Waals surface area contributed by atoms with Gasteiger partial charge in [-0.2, -0.15) is 4.98 Å². The van der Waals surface area contributed by atoms with Gasteiger partial charge in [-0.1, -0.05) is 17.3 Å². The van der Waals surface area contributed by atoms with E-state index in [0.717, 1.165) is 0 Å². The first-order chi connectivity index (χ1) is 9.12. The van der Waals surface area contributed by atoms with Gasteiger partial charge in [-0.15, -0.1) is 0 Å². The molecule has 0 fully saturated rings. The van der Waals surface area contributed by atoms with Gasteiger partial charge in [0.25, 0.3) is 0 Å². The van der Waals surface area contributed by atoms with E-state index < -0.39 is 10.0 Å². The Morgan fingerprint density at radius 1 is 1.26 bits per heavy atom. The predicted octanol–water partition coefficient (Wildman–Crippen LogP) is 0.0829. The van der Waals surface area contributed by atoms with Crippen molar-refractivity contribution in [3.63, 3.8) is 0 Å². The van der Waals surface area contributed by atoms with E-state index in [0.29, 0.717) is 17.9 Å². The highest BCUT2D eigenvalue weighted by atomic mass is 32.2. The van der Waals surface area contributed by atoms with Gasteiger partial charge in [-0.05, 0) is 17.7 Å². The number of hydrogen-bond acceptors (Lipinski definition) is 6. The van der Waals surface area contributed by atoms with Gasteiger partial charge in [-0.3, -0.25) is 0 Å². The van der Waals surface area contributed by atoms with Gasteiger partial charge in [0.15, 0.2) is 6.33 Å². The first-order valence-corrected chi connectivity index (χ1v) is 7.05. The molecule has 8 heteroatoms. The smallest absolute Gasteiger partial charge is 0.240 e. The van der Waals surface area contributed by atoms with Crippen LogP contribution in [0.3, 0.4) is 0 Å². The molecule has 1 heterocycles. The van der Waals surface area contributed by atoms with Gasteiger partial charge >= 0.3 is 0 Å². The molecule has 1 aromatic heterocycles. The van der Waals surface area contributed by atoms with Gasteiger partial charge in [0, 0.05) is 13.0 Å². The van der Waals surface area contributed by atoms with Crippen molar-refractivity contribution < 1.29 is 18.0 Å². The van der Waals surface area contributed by atoms with Crippen molar-refractivity contribution >= 4 is 10.0 Å². The Morgan fingerprint density at radius 3 is 2.58 bits per heavy atom. The summed E-state index contributed by atoms with van der Waals surface area (Å²) >= 11 is 0. The minimum Gasteiger partial charge on any atom is -0.392 e. The molecule has 0 aliphatic rings. The second-order valence-electron chi connectivity index (χ2n) is 3.78. The number of hydrogen-bond donors (Lipinski definition) is 2. The van der Waals surface area contributed by atoms with Crippen LogP contribution in [0.2, 0.25) is 0 Å². The van der Waals surface area contributed by atoms with Gasteiger partial charge in [0.05, 0.1) is 11.5 Å². The molecule has 0 atom stereocenters. The summed E-state index contributed by atoms with van der Waals surface area (Å²) in [5.74, 6) is 0.373. The Hall–Kier alpha value is -1.77. The Balaban J connectivity index is 1.97. The van der Waals surface area contributed by atoms with Crippen molar-refractivity contribution in [1.82, 2.24) is 14.9 Å². The average Bonchev–Trinajstić information content (AvgIpc) is 2.92. The van der Waals surface area contributed by atoms with Crippen LogP contribution >= 0.6 is 0 Å². The van der Waals surface area contributed by atoms with E-state index in [2.05, 4.69) is 14.9 Å². The van der Waals surface area contributed by atoms with Gasteiger partial charge < -0.3 is 9.63 Å². The minimum absolute atomic E-state index is 0.120. The van der Waals surface area contributed by atoms with Crippen LogP contribution in [-0.2, 0) is 23.1 Å². The maximum absolute atomic E-state index is 11.9. The van der Waals surface area contributed by atoms with Crippen LogP contribution < -0.4 is 4.72 Å². The molecule has 19 heavy (non-hydrogen) atoms. The van der Waals surface area contributed by atoms with Crippen LogP contribution in [0.1, 0.15) is 11.5 Å². The molecule has 2 N–H and O–H groups in total. The van der Waals surface area contributed by atoms with Crippen LogP contribution in [0.4, 0.5) is 0 Å². The molecular weight excluding hydrogens is 270 g/mol. The molecule has 0 aliphatic carbocycles. The maximum atomic E-state index is 11.9. The zero-order valence-corrected chi connectivity index (χ0v) is 10.8. The highest BCUT2D eigenvalue weighted by molar-refractivity contribution is 7.89. The van der Waals surface area contributed by atoms with E-state index in [1.165, 1.54) is 18.5 Å². The zero-order valence-electron chi connectivity index (χ0n) is 9.98. The van der Waals surface area contributed by atoms with Crippen molar-refractivity contribution in [3.8, 4) is 0 Å². The van der Waals surface area contributed by atoms with Crippen molar-refractivity contribution in [2.75, 3.05) is 6.54 Å². The van der Waals surface area contributed by atoms with E-state index in [1.54, 1.807) is 12.1 Å². The minimum atomic E-state index is -3.56. The molecule has 102 valence electrons. The molecule has 0 radical (unpaired) electrons. The first kappa shape index (κ1) is 13.7. The first-order valence-electron chi connectivity index (χ1n) is 5.57. The molecular formula is C11H13N3O4S. The number of benzene rings is 1.